The van der Waals surface area contributed by atoms with E-state index >= 15 is 0 Å². The van der Waals surface area contributed by atoms with E-state index in [0.717, 1.165) is 12.8 Å². The molecule has 0 aliphatic heterocycles. The Morgan fingerprint density at radius 2 is 1.12 bits per heavy atom. The van der Waals surface area contributed by atoms with Crippen LogP contribution in [-0.2, 0) is 30.7 Å². The van der Waals surface area contributed by atoms with Crippen molar-refractivity contribution < 1.29 is 30.0 Å². The number of halogens is 3. The van der Waals surface area contributed by atoms with Crippen molar-refractivity contribution in [3.8, 4) is 5.75 Å². The van der Waals surface area contributed by atoms with Gasteiger partial charge < -0.3 is 4.74 Å². The zero-order valence-electron chi connectivity index (χ0n) is 24.5. The van der Waals surface area contributed by atoms with E-state index in [4.69, 9.17) is 4.74 Å². The van der Waals surface area contributed by atoms with Crippen LogP contribution in [0.1, 0.15) is 115 Å². The summed E-state index contributed by atoms with van der Waals surface area (Å²) < 4.78 is 72.8. The molecule has 1 atom stereocenters. The average molecular weight is 618 g/mol. The van der Waals surface area contributed by atoms with Crippen LogP contribution < -0.4 is 4.74 Å². The molecule has 0 heterocycles. The minimum atomic E-state index is -5.73. The Labute approximate surface area is 249 Å². The van der Waals surface area contributed by atoms with E-state index in [-0.39, 0.29) is 5.75 Å². The first-order valence-corrected chi connectivity index (χ1v) is 17.9. The van der Waals surface area contributed by atoms with Gasteiger partial charge in [0.25, 0.3) is 0 Å². The SMILES string of the molecule is CCCCCCCCCCCCCCCCCCOc1ccc([S+](Cc2ccccc2)OS(=O)(=O)C(F)(F)F)cc1. The van der Waals surface area contributed by atoms with Crippen molar-refractivity contribution in [1.82, 2.24) is 0 Å². The van der Waals surface area contributed by atoms with Crippen molar-refractivity contribution in [2.24, 2.45) is 0 Å². The Morgan fingerprint density at radius 3 is 1.59 bits per heavy atom. The molecule has 0 saturated heterocycles. The minimum Gasteiger partial charge on any atom is -0.494 e. The summed E-state index contributed by atoms with van der Waals surface area (Å²) in [7, 11) is -5.73. The van der Waals surface area contributed by atoms with Gasteiger partial charge in [-0.25, -0.2) is 0 Å². The standard InChI is InChI=1S/C32H48F3O4S2/c1-2-3-4-5-6-7-8-9-10-11-12-13-14-15-16-20-27-38-30-23-25-31(26-24-30)40(28-29-21-18-17-19-22-29)39-41(36,37)32(33,34)35/h17-19,21-26H,2-16,20,27-28H2,1H3/q+1. The van der Waals surface area contributed by atoms with Gasteiger partial charge in [-0.3, -0.25) is 0 Å². The highest BCUT2D eigenvalue weighted by molar-refractivity contribution is 8.02. The second kappa shape index (κ2) is 20.2. The molecule has 0 spiro atoms. The Hall–Kier alpha value is -1.71. The van der Waals surface area contributed by atoms with Gasteiger partial charge in [-0.15, -0.1) is 0 Å². The molecule has 0 aliphatic rings. The second-order valence-electron chi connectivity index (χ2n) is 10.6. The Kier molecular flexibility index (Phi) is 17.5. The van der Waals surface area contributed by atoms with E-state index in [1.54, 1.807) is 54.6 Å². The number of unbranched alkanes of at least 4 members (excludes halogenated alkanes) is 15. The van der Waals surface area contributed by atoms with Crippen molar-refractivity contribution in [2.75, 3.05) is 6.61 Å². The topological polar surface area (TPSA) is 52.6 Å². The summed E-state index contributed by atoms with van der Waals surface area (Å²) in [5.41, 5.74) is -4.80. The molecule has 2 aromatic rings. The fraction of sp³-hybridized carbons (Fsp3) is 0.625. The fourth-order valence-corrected chi connectivity index (χ4v) is 7.33. The molecular weight excluding hydrogens is 569 g/mol. The summed E-state index contributed by atoms with van der Waals surface area (Å²) in [6.07, 6.45) is 20.8. The summed E-state index contributed by atoms with van der Waals surface area (Å²) in [6.45, 7) is 2.82. The maximum Gasteiger partial charge on any atom is 0.527 e. The monoisotopic (exact) mass is 617 g/mol. The third kappa shape index (κ3) is 15.4. The lowest BCUT2D eigenvalue weighted by molar-refractivity contribution is -0.0495. The van der Waals surface area contributed by atoms with Gasteiger partial charge in [0.15, 0.2) is 10.6 Å². The van der Waals surface area contributed by atoms with Gasteiger partial charge in [0.05, 0.1) is 6.61 Å². The molecule has 9 heteroatoms. The zero-order valence-corrected chi connectivity index (χ0v) is 26.1. The molecule has 2 rings (SSSR count). The predicted molar refractivity (Wildman–Crippen MR) is 163 cm³/mol. The molecular formula is C32H48F3O4S2+. The fourth-order valence-electron chi connectivity index (χ4n) is 4.55. The van der Waals surface area contributed by atoms with Gasteiger partial charge in [-0.1, -0.05) is 134 Å². The third-order valence-corrected chi connectivity index (χ3v) is 10.3. The highest BCUT2D eigenvalue weighted by Gasteiger charge is 2.53. The quantitative estimate of drug-likeness (QED) is 0.0707. The predicted octanol–water partition coefficient (Wildman–Crippen LogP) is 10.3. The molecule has 2 aromatic carbocycles. The molecule has 0 N–H and O–H groups in total. The van der Waals surface area contributed by atoms with E-state index in [2.05, 4.69) is 10.6 Å². The van der Waals surface area contributed by atoms with Gasteiger partial charge in [0.2, 0.25) is 11.2 Å². The van der Waals surface area contributed by atoms with Crippen LogP contribution in [0.3, 0.4) is 0 Å². The van der Waals surface area contributed by atoms with Crippen LogP contribution in [0.5, 0.6) is 5.75 Å². The molecule has 0 saturated carbocycles. The van der Waals surface area contributed by atoms with Crippen LogP contribution in [0.15, 0.2) is 59.5 Å². The van der Waals surface area contributed by atoms with Crippen molar-refractivity contribution in [1.29, 1.82) is 0 Å². The first-order chi connectivity index (χ1) is 19.7. The molecule has 0 radical (unpaired) electrons. The van der Waals surface area contributed by atoms with Gasteiger partial charge in [0, 0.05) is 17.7 Å². The van der Waals surface area contributed by atoms with E-state index in [1.165, 1.54) is 89.9 Å². The van der Waals surface area contributed by atoms with Gasteiger partial charge in [-0.05, 0) is 22.2 Å². The molecule has 0 aliphatic carbocycles. The van der Waals surface area contributed by atoms with E-state index < -0.39 is 26.8 Å². The molecule has 0 fully saturated rings. The van der Waals surface area contributed by atoms with E-state index in [1.807, 2.05) is 0 Å². The number of alkyl halides is 3. The Balaban J connectivity index is 1.62. The van der Waals surface area contributed by atoms with Crippen molar-refractivity contribution in [3.05, 3.63) is 60.2 Å². The lowest BCUT2D eigenvalue weighted by Crippen LogP contribution is -2.29. The number of hydrogen-bond acceptors (Lipinski definition) is 4. The average Bonchev–Trinajstić information content (AvgIpc) is 2.94. The first-order valence-electron chi connectivity index (χ1n) is 15.2. The first kappa shape index (κ1) is 35.5. The lowest BCUT2D eigenvalue weighted by Gasteiger charge is -2.10. The van der Waals surface area contributed by atoms with Crippen LogP contribution in [0.2, 0.25) is 0 Å². The second-order valence-corrected chi connectivity index (χ2v) is 13.9. The van der Waals surface area contributed by atoms with Crippen LogP contribution in [0, 0.1) is 0 Å². The molecule has 41 heavy (non-hydrogen) atoms. The maximum absolute atomic E-state index is 13.0. The molecule has 0 aromatic heterocycles. The summed E-state index contributed by atoms with van der Waals surface area (Å²) in [6, 6.07) is 15.1. The summed E-state index contributed by atoms with van der Waals surface area (Å²) in [5, 5.41) is 0. The molecule has 4 nitrogen and oxygen atoms in total. The number of hydrogen-bond donors (Lipinski definition) is 0. The lowest BCUT2D eigenvalue weighted by atomic mass is 10.0. The highest BCUT2D eigenvalue weighted by atomic mass is 32.3. The number of ether oxygens (including phenoxy) is 1. The van der Waals surface area contributed by atoms with Crippen molar-refractivity contribution in [2.45, 2.75) is 126 Å². The number of rotatable bonds is 23. The zero-order chi connectivity index (χ0) is 29.8. The van der Waals surface area contributed by atoms with E-state index in [0.29, 0.717) is 22.8 Å². The van der Waals surface area contributed by atoms with Crippen LogP contribution in [0.4, 0.5) is 13.2 Å². The highest BCUT2D eigenvalue weighted by Crippen LogP contribution is 2.31. The summed E-state index contributed by atoms with van der Waals surface area (Å²) in [5.74, 6) is 0.604. The van der Waals surface area contributed by atoms with Crippen LogP contribution in [0.25, 0.3) is 0 Å². The summed E-state index contributed by atoms with van der Waals surface area (Å²) >= 11 is -1.64. The van der Waals surface area contributed by atoms with Crippen molar-refractivity contribution >= 4 is 21.3 Å². The van der Waals surface area contributed by atoms with Crippen molar-refractivity contribution in [3.63, 3.8) is 0 Å². The van der Waals surface area contributed by atoms with Crippen LogP contribution in [-0.4, -0.2) is 20.5 Å². The Bertz CT molecular complexity index is 1030. The molecule has 232 valence electrons. The van der Waals surface area contributed by atoms with E-state index in [9.17, 15) is 21.6 Å². The molecule has 0 bridgehead atoms. The summed E-state index contributed by atoms with van der Waals surface area (Å²) in [4.78, 5) is 0.358. The largest absolute Gasteiger partial charge is 0.527 e. The smallest absolute Gasteiger partial charge is 0.494 e. The van der Waals surface area contributed by atoms with Gasteiger partial charge >= 0.3 is 15.6 Å². The molecule has 1 unspecified atom stereocenters. The van der Waals surface area contributed by atoms with Gasteiger partial charge in [-0.2, -0.15) is 21.6 Å². The van der Waals surface area contributed by atoms with Gasteiger partial charge in [0.1, 0.15) is 5.75 Å². The molecule has 0 amide bonds. The third-order valence-electron chi connectivity index (χ3n) is 6.95. The number of benzene rings is 2. The minimum absolute atomic E-state index is 0.00947. The van der Waals surface area contributed by atoms with Crippen LogP contribution >= 0.6 is 0 Å². The maximum atomic E-state index is 13.0. The normalized spacial score (nSPS) is 12.9. The Morgan fingerprint density at radius 1 is 0.659 bits per heavy atom.